The molecule has 1 atom stereocenters. The van der Waals surface area contributed by atoms with Gasteiger partial charge in [0.15, 0.2) is 0 Å². The molecule has 1 saturated carbocycles. The van der Waals surface area contributed by atoms with E-state index in [1.54, 1.807) is 6.92 Å². The molecule has 3 N–H and O–H groups in total. The van der Waals surface area contributed by atoms with Gasteiger partial charge in [0.1, 0.15) is 12.6 Å². The lowest BCUT2D eigenvalue weighted by Crippen LogP contribution is -2.43. The van der Waals surface area contributed by atoms with Crippen molar-refractivity contribution in [3.05, 3.63) is 12.4 Å². The highest BCUT2D eigenvalue weighted by Crippen LogP contribution is 2.24. The number of nitrogens with zero attached hydrogens (tertiary/aromatic N) is 2. The normalized spacial score (nSPS) is 16.2. The summed E-state index contributed by atoms with van der Waals surface area (Å²) in [6.45, 7) is 1.34. The molecule has 1 aliphatic rings. The third-order valence-electron chi connectivity index (χ3n) is 3.68. The molecule has 0 aliphatic heterocycles. The number of amides is 2. The van der Waals surface area contributed by atoms with Crippen LogP contribution in [0, 0.1) is 5.92 Å². The molecule has 1 aromatic rings. The summed E-state index contributed by atoms with van der Waals surface area (Å²) in [5.41, 5.74) is 0.396. The van der Waals surface area contributed by atoms with Crippen molar-refractivity contribution in [1.29, 1.82) is 0 Å². The molecular weight excluding hydrogens is 288 g/mol. The molecule has 1 aliphatic carbocycles. The van der Waals surface area contributed by atoms with Gasteiger partial charge < -0.3 is 15.7 Å². The first-order valence-corrected chi connectivity index (χ1v) is 7.31. The van der Waals surface area contributed by atoms with Crippen molar-refractivity contribution in [2.75, 3.05) is 5.32 Å². The number of carbonyl (C=O) groups excluding carboxylic acids is 2. The van der Waals surface area contributed by atoms with E-state index in [4.69, 9.17) is 5.11 Å². The van der Waals surface area contributed by atoms with Gasteiger partial charge in [0.2, 0.25) is 11.8 Å². The second-order valence-corrected chi connectivity index (χ2v) is 5.52. The molecular formula is C14H20N4O4. The van der Waals surface area contributed by atoms with Gasteiger partial charge >= 0.3 is 5.97 Å². The van der Waals surface area contributed by atoms with Crippen LogP contribution in [0.2, 0.25) is 0 Å². The van der Waals surface area contributed by atoms with Gasteiger partial charge in [0.05, 0.1) is 11.9 Å². The summed E-state index contributed by atoms with van der Waals surface area (Å²) < 4.78 is 1.21. The number of carboxylic acids is 1. The number of nitrogens with one attached hydrogen (secondary N) is 2. The SMILES string of the molecule is CC(NC(=O)C1CCCC1)C(=O)Nc1cnn(CC(=O)O)c1. The number of aliphatic carboxylic acids is 1. The number of hydrogen-bond acceptors (Lipinski definition) is 4. The average molecular weight is 308 g/mol. The zero-order valence-corrected chi connectivity index (χ0v) is 12.4. The van der Waals surface area contributed by atoms with Crippen LogP contribution < -0.4 is 10.6 Å². The molecule has 2 rings (SSSR count). The fourth-order valence-corrected chi connectivity index (χ4v) is 2.49. The molecule has 1 fully saturated rings. The van der Waals surface area contributed by atoms with Crippen LogP contribution in [0.4, 0.5) is 5.69 Å². The first-order chi connectivity index (χ1) is 10.5. The second-order valence-electron chi connectivity index (χ2n) is 5.52. The summed E-state index contributed by atoms with van der Waals surface area (Å²) in [7, 11) is 0. The summed E-state index contributed by atoms with van der Waals surface area (Å²) in [6, 6.07) is -0.657. The fourth-order valence-electron chi connectivity index (χ4n) is 2.49. The molecule has 22 heavy (non-hydrogen) atoms. The van der Waals surface area contributed by atoms with Gasteiger partial charge in [-0.05, 0) is 19.8 Å². The van der Waals surface area contributed by atoms with E-state index in [2.05, 4.69) is 15.7 Å². The fraction of sp³-hybridized carbons (Fsp3) is 0.571. The van der Waals surface area contributed by atoms with Crippen LogP contribution >= 0.6 is 0 Å². The summed E-state index contributed by atoms with van der Waals surface area (Å²) >= 11 is 0. The van der Waals surface area contributed by atoms with Crippen molar-refractivity contribution in [1.82, 2.24) is 15.1 Å². The molecule has 1 heterocycles. The van der Waals surface area contributed by atoms with E-state index in [-0.39, 0.29) is 24.3 Å². The molecule has 0 saturated heterocycles. The lowest BCUT2D eigenvalue weighted by Gasteiger charge is -2.16. The minimum atomic E-state index is -1.02. The van der Waals surface area contributed by atoms with Gasteiger partial charge in [0.25, 0.3) is 0 Å². The number of hydrogen-bond donors (Lipinski definition) is 3. The number of rotatable bonds is 6. The highest BCUT2D eigenvalue weighted by atomic mass is 16.4. The Kier molecular flexibility index (Phi) is 5.13. The van der Waals surface area contributed by atoms with Crippen molar-refractivity contribution >= 4 is 23.5 Å². The van der Waals surface area contributed by atoms with Crippen LogP contribution in [0.5, 0.6) is 0 Å². The smallest absolute Gasteiger partial charge is 0.325 e. The molecule has 2 amide bonds. The number of carbonyl (C=O) groups is 3. The van der Waals surface area contributed by atoms with Gasteiger partial charge in [-0.1, -0.05) is 12.8 Å². The van der Waals surface area contributed by atoms with E-state index in [1.165, 1.54) is 17.1 Å². The quantitative estimate of drug-likeness (QED) is 0.712. The maximum Gasteiger partial charge on any atom is 0.325 e. The van der Waals surface area contributed by atoms with Crippen LogP contribution in [0.25, 0.3) is 0 Å². The Morgan fingerprint density at radius 2 is 2.09 bits per heavy atom. The molecule has 8 nitrogen and oxygen atoms in total. The van der Waals surface area contributed by atoms with E-state index in [0.29, 0.717) is 5.69 Å². The zero-order chi connectivity index (χ0) is 16.1. The topological polar surface area (TPSA) is 113 Å². The van der Waals surface area contributed by atoms with Gasteiger partial charge in [-0.25, -0.2) is 0 Å². The third kappa shape index (κ3) is 4.31. The maximum atomic E-state index is 12.0. The average Bonchev–Trinajstić information content (AvgIpc) is 3.09. The summed E-state index contributed by atoms with van der Waals surface area (Å²) in [5.74, 6) is -1.45. The maximum absolute atomic E-state index is 12.0. The van der Waals surface area contributed by atoms with Gasteiger partial charge in [-0.3, -0.25) is 19.1 Å². The molecule has 0 bridgehead atoms. The van der Waals surface area contributed by atoms with Gasteiger partial charge in [-0.15, -0.1) is 0 Å². The largest absolute Gasteiger partial charge is 0.480 e. The lowest BCUT2D eigenvalue weighted by atomic mass is 10.1. The standard InChI is InChI=1S/C14H20N4O4/c1-9(16-14(22)10-4-2-3-5-10)13(21)17-11-6-15-18(7-11)8-12(19)20/h6-7,9-10H,2-5,8H2,1H3,(H,16,22)(H,17,21)(H,19,20). The Hall–Kier alpha value is -2.38. The van der Waals surface area contributed by atoms with E-state index >= 15 is 0 Å². The van der Waals surface area contributed by atoms with Gasteiger partial charge in [0, 0.05) is 12.1 Å². The van der Waals surface area contributed by atoms with Crippen LogP contribution in [0.15, 0.2) is 12.4 Å². The Balaban J connectivity index is 1.84. The van der Waals surface area contributed by atoms with E-state index < -0.39 is 12.0 Å². The third-order valence-corrected chi connectivity index (χ3v) is 3.68. The predicted octanol–water partition coefficient (Wildman–Crippen LogP) is 0.601. The zero-order valence-electron chi connectivity index (χ0n) is 12.4. The Labute approximate surface area is 127 Å². The molecule has 0 spiro atoms. The minimum Gasteiger partial charge on any atom is -0.480 e. The van der Waals surface area contributed by atoms with E-state index in [1.807, 2.05) is 0 Å². The Morgan fingerprint density at radius 1 is 1.41 bits per heavy atom. The summed E-state index contributed by atoms with van der Waals surface area (Å²) in [6.07, 6.45) is 6.66. The predicted molar refractivity (Wildman–Crippen MR) is 78.1 cm³/mol. The van der Waals surface area contributed by atoms with Crippen LogP contribution in [0.1, 0.15) is 32.6 Å². The summed E-state index contributed by atoms with van der Waals surface area (Å²) in [5, 5.41) is 17.8. The second kappa shape index (κ2) is 7.06. The molecule has 0 radical (unpaired) electrons. The summed E-state index contributed by atoms with van der Waals surface area (Å²) in [4.78, 5) is 34.5. The van der Waals surface area contributed by atoms with Crippen molar-refractivity contribution < 1.29 is 19.5 Å². The van der Waals surface area contributed by atoms with Crippen molar-refractivity contribution in [2.45, 2.75) is 45.2 Å². The first-order valence-electron chi connectivity index (χ1n) is 7.31. The molecule has 0 aromatic carbocycles. The van der Waals surface area contributed by atoms with Crippen LogP contribution in [-0.2, 0) is 20.9 Å². The molecule has 120 valence electrons. The molecule has 1 aromatic heterocycles. The lowest BCUT2D eigenvalue weighted by molar-refractivity contribution is -0.137. The molecule has 8 heteroatoms. The number of carboxylic acid groups (broad SMARTS) is 1. The highest BCUT2D eigenvalue weighted by molar-refractivity contribution is 5.97. The van der Waals surface area contributed by atoms with Crippen molar-refractivity contribution in [3.8, 4) is 0 Å². The minimum absolute atomic E-state index is 0.00793. The van der Waals surface area contributed by atoms with Crippen LogP contribution in [0.3, 0.4) is 0 Å². The van der Waals surface area contributed by atoms with Crippen molar-refractivity contribution in [2.24, 2.45) is 5.92 Å². The van der Waals surface area contributed by atoms with Gasteiger partial charge in [-0.2, -0.15) is 5.10 Å². The van der Waals surface area contributed by atoms with Crippen LogP contribution in [-0.4, -0.2) is 38.7 Å². The number of aromatic nitrogens is 2. The monoisotopic (exact) mass is 308 g/mol. The number of anilines is 1. The Bertz CT molecular complexity index is 563. The van der Waals surface area contributed by atoms with Crippen molar-refractivity contribution in [3.63, 3.8) is 0 Å². The highest BCUT2D eigenvalue weighted by Gasteiger charge is 2.25. The van der Waals surface area contributed by atoms with E-state index in [9.17, 15) is 14.4 Å². The molecule has 1 unspecified atom stereocenters. The first kappa shape index (κ1) is 16.0. The Morgan fingerprint density at radius 3 is 2.73 bits per heavy atom. The van der Waals surface area contributed by atoms with E-state index in [0.717, 1.165) is 25.7 Å².